The Balaban J connectivity index is 0. The van der Waals surface area contributed by atoms with Crippen molar-refractivity contribution in [3.63, 3.8) is 0 Å². The summed E-state index contributed by atoms with van der Waals surface area (Å²) in [5.41, 5.74) is 0.933. The van der Waals surface area contributed by atoms with E-state index < -0.39 is 4.92 Å². The van der Waals surface area contributed by atoms with Gasteiger partial charge in [0.15, 0.2) is 0 Å². The summed E-state index contributed by atoms with van der Waals surface area (Å²) in [6, 6.07) is 4.91. The third-order valence-electron chi connectivity index (χ3n) is 1.33. The molecule has 0 radical (unpaired) electrons. The number of rotatable bonds is 1. The van der Waals surface area contributed by atoms with E-state index in [1.165, 1.54) is 6.07 Å². The van der Waals surface area contributed by atoms with Gasteiger partial charge in [0.05, 0.1) is 9.82 Å². The smallest absolute Gasteiger partial charge is 1.00 e. The summed E-state index contributed by atoms with van der Waals surface area (Å²) in [7, 11) is 0. The third-order valence-corrected chi connectivity index (χ3v) is 1.71. The number of nitro benzene ring substituents is 1. The zero-order chi connectivity index (χ0) is 8.43. The van der Waals surface area contributed by atoms with Crippen LogP contribution < -0.4 is 29.6 Å². The number of benzene rings is 1. The van der Waals surface area contributed by atoms with Crippen molar-refractivity contribution in [2.75, 3.05) is 0 Å². The molecule has 5 heteroatoms. The van der Waals surface area contributed by atoms with Crippen LogP contribution in [-0.4, -0.2) is 4.92 Å². The predicted molar refractivity (Wildman–Crippen MR) is 46.2 cm³/mol. The number of nitro groups is 1. The standard InChI is InChI=1S/C7H7NO2S.Na.H/c1-5-2-3-7(11)6(4-5)8(9)10;;/h2-4,11H,1H3;;/q;+1;-1. The number of hydrogen-bond acceptors (Lipinski definition) is 3. The molecular formula is C7H8NNaO2S. The first-order valence-corrected chi connectivity index (χ1v) is 3.50. The van der Waals surface area contributed by atoms with Crippen LogP contribution in [0.5, 0.6) is 0 Å². The average Bonchev–Trinajstić information content (AvgIpc) is 1.94. The molecule has 0 aliphatic heterocycles. The molecule has 0 spiro atoms. The van der Waals surface area contributed by atoms with E-state index in [2.05, 4.69) is 12.6 Å². The molecule has 0 unspecified atom stereocenters. The summed E-state index contributed by atoms with van der Waals surface area (Å²) >= 11 is 3.94. The molecule has 1 aromatic carbocycles. The molecule has 0 aromatic heterocycles. The van der Waals surface area contributed by atoms with E-state index in [-0.39, 0.29) is 36.7 Å². The Morgan fingerprint density at radius 2 is 2.17 bits per heavy atom. The molecule has 0 N–H and O–H groups in total. The monoisotopic (exact) mass is 193 g/mol. The van der Waals surface area contributed by atoms with E-state index in [1.54, 1.807) is 19.1 Å². The Bertz CT molecular complexity index is 309. The van der Waals surface area contributed by atoms with E-state index in [0.29, 0.717) is 4.90 Å². The van der Waals surface area contributed by atoms with Crippen molar-refractivity contribution in [2.45, 2.75) is 11.8 Å². The SMILES string of the molecule is Cc1ccc(S)c([N+](=O)[O-])c1.[H-].[Na+]. The fraction of sp³-hybridized carbons (Fsp3) is 0.143. The van der Waals surface area contributed by atoms with Gasteiger partial charge in [-0.15, -0.1) is 12.6 Å². The van der Waals surface area contributed by atoms with Crippen molar-refractivity contribution in [3.8, 4) is 0 Å². The molecule has 0 aliphatic rings. The van der Waals surface area contributed by atoms with Crippen LogP contribution in [-0.2, 0) is 0 Å². The molecule has 12 heavy (non-hydrogen) atoms. The van der Waals surface area contributed by atoms with Gasteiger partial charge in [-0.25, -0.2) is 0 Å². The first-order chi connectivity index (χ1) is 5.11. The number of thiol groups is 1. The van der Waals surface area contributed by atoms with Gasteiger partial charge in [0.25, 0.3) is 5.69 Å². The van der Waals surface area contributed by atoms with Crippen molar-refractivity contribution in [2.24, 2.45) is 0 Å². The van der Waals surface area contributed by atoms with Crippen LogP contribution in [0.3, 0.4) is 0 Å². The van der Waals surface area contributed by atoms with Crippen molar-refractivity contribution >= 4 is 18.3 Å². The van der Waals surface area contributed by atoms with Crippen molar-refractivity contribution in [1.29, 1.82) is 0 Å². The Labute approximate surface area is 99.5 Å². The van der Waals surface area contributed by atoms with Crippen LogP contribution in [0.15, 0.2) is 23.1 Å². The van der Waals surface area contributed by atoms with E-state index in [0.717, 1.165) is 5.56 Å². The first kappa shape index (κ1) is 12.0. The molecular weight excluding hydrogens is 185 g/mol. The minimum absolute atomic E-state index is 0. The van der Waals surface area contributed by atoms with E-state index >= 15 is 0 Å². The van der Waals surface area contributed by atoms with Crippen molar-refractivity contribution < 1.29 is 35.9 Å². The maximum Gasteiger partial charge on any atom is 1.00 e. The largest absolute Gasteiger partial charge is 1.00 e. The summed E-state index contributed by atoms with van der Waals surface area (Å²) in [5, 5.41) is 10.3. The second kappa shape index (κ2) is 4.87. The van der Waals surface area contributed by atoms with Gasteiger partial charge >= 0.3 is 29.6 Å². The molecule has 0 amide bonds. The summed E-state index contributed by atoms with van der Waals surface area (Å²) in [4.78, 5) is 10.3. The number of nitrogens with zero attached hydrogens (tertiary/aromatic N) is 1. The Hall–Kier alpha value is -0.0300. The molecule has 1 rings (SSSR count). The van der Waals surface area contributed by atoms with Gasteiger partial charge < -0.3 is 1.43 Å². The van der Waals surface area contributed by atoms with Crippen LogP contribution in [0.25, 0.3) is 0 Å². The Kier molecular flexibility index (Phi) is 4.85. The summed E-state index contributed by atoms with van der Waals surface area (Å²) < 4.78 is 0. The van der Waals surface area contributed by atoms with Gasteiger partial charge in [0.1, 0.15) is 0 Å². The van der Waals surface area contributed by atoms with Crippen LogP contribution in [0, 0.1) is 17.0 Å². The molecule has 0 heterocycles. The van der Waals surface area contributed by atoms with E-state index in [1.807, 2.05) is 0 Å². The molecule has 1 aromatic rings. The number of hydrogen-bond donors (Lipinski definition) is 1. The average molecular weight is 193 g/mol. The summed E-state index contributed by atoms with van der Waals surface area (Å²) in [6.07, 6.45) is 0. The molecule has 0 saturated heterocycles. The zero-order valence-electron chi connectivity index (χ0n) is 7.94. The Morgan fingerprint density at radius 3 is 2.58 bits per heavy atom. The van der Waals surface area contributed by atoms with Crippen molar-refractivity contribution in [3.05, 3.63) is 33.9 Å². The van der Waals surface area contributed by atoms with Gasteiger partial charge in [-0.2, -0.15) is 0 Å². The second-order valence-electron chi connectivity index (χ2n) is 2.25. The first-order valence-electron chi connectivity index (χ1n) is 3.05. The van der Waals surface area contributed by atoms with Crippen LogP contribution in [0.2, 0.25) is 0 Å². The molecule has 0 atom stereocenters. The predicted octanol–water partition coefficient (Wildman–Crippen LogP) is -0.692. The molecule has 0 bridgehead atoms. The Morgan fingerprint density at radius 1 is 1.58 bits per heavy atom. The third kappa shape index (κ3) is 2.79. The molecule has 0 aliphatic carbocycles. The minimum Gasteiger partial charge on any atom is -1.00 e. The van der Waals surface area contributed by atoms with Gasteiger partial charge in [0.2, 0.25) is 0 Å². The van der Waals surface area contributed by atoms with Crippen LogP contribution in [0.1, 0.15) is 6.99 Å². The molecule has 60 valence electrons. The van der Waals surface area contributed by atoms with Crippen molar-refractivity contribution in [1.82, 2.24) is 0 Å². The molecule has 0 saturated carbocycles. The van der Waals surface area contributed by atoms with E-state index in [4.69, 9.17) is 0 Å². The fourth-order valence-electron chi connectivity index (χ4n) is 0.780. The summed E-state index contributed by atoms with van der Waals surface area (Å²) in [6.45, 7) is 1.81. The quantitative estimate of drug-likeness (QED) is 0.277. The number of aryl methyl sites for hydroxylation is 1. The second-order valence-corrected chi connectivity index (χ2v) is 2.73. The van der Waals surface area contributed by atoms with Gasteiger partial charge in [-0.05, 0) is 18.6 Å². The molecule has 0 fully saturated rings. The molecule has 3 nitrogen and oxygen atoms in total. The zero-order valence-corrected chi connectivity index (χ0v) is 9.84. The van der Waals surface area contributed by atoms with Gasteiger partial charge in [-0.1, -0.05) is 6.07 Å². The minimum atomic E-state index is -0.435. The normalized spacial score (nSPS) is 8.83. The van der Waals surface area contributed by atoms with Gasteiger partial charge in [0, 0.05) is 6.07 Å². The van der Waals surface area contributed by atoms with Gasteiger partial charge in [-0.3, -0.25) is 10.1 Å². The maximum atomic E-state index is 10.3. The summed E-state index contributed by atoms with van der Waals surface area (Å²) in [5.74, 6) is 0. The van der Waals surface area contributed by atoms with Crippen LogP contribution in [0.4, 0.5) is 5.69 Å². The van der Waals surface area contributed by atoms with E-state index in [9.17, 15) is 10.1 Å². The topological polar surface area (TPSA) is 43.1 Å². The van der Waals surface area contributed by atoms with Crippen LogP contribution >= 0.6 is 12.6 Å². The maximum absolute atomic E-state index is 10.3. The fourth-order valence-corrected chi connectivity index (χ4v) is 1.00.